The Balaban J connectivity index is 1.52. The highest BCUT2D eigenvalue weighted by Gasteiger charge is 2.40. The van der Waals surface area contributed by atoms with Crippen LogP contribution in [0.5, 0.6) is 0 Å². The Morgan fingerprint density at radius 1 is 1.17 bits per heavy atom. The SMILES string of the molecule is Cc1oc(NC(=O)C2CCCCC2CN2C(=O)c3ccccc3C2=O)c(C#N)c1C. The summed E-state index contributed by atoms with van der Waals surface area (Å²) in [5.74, 6) is -0.574. The third-order valence-corrected chi connectivity index (χ3v) is 6.27. The van der Waals surface area contributed by atoms with E-state index in [4.69, 9.17) is 4.42 Å². The number of nitrogens with one attached hydrogen (secondary N) is 1. The number of carbonyl (C=O) groups excluding carboxylic acids is 3. The van der Waals surface area contributed by atoms with Gasteiger partial charge >= 0.3 is 0 Å². The van der Waals surface area contributed by atoms with Crippen LogP contribution in [0, 0.1) is 37.0 Å². The number of fused-ring (bicyclic) bond motifs is 1. The van der Waals surface area contributed by atoms with E-state index >= 15 is 0 Å². The molecule has 1 aliphatic heterocycles. The van der Waals surface area contributed by atoms with Crippen LogP contribution in [0.1, 0.15) is 63.3 Å². The molecule has 1 aromatic carbocycles. The van der Waals surface area contributed by atoms with E-state index in [9.17, 15) is 19.6 Å². The van der Waals surface area contributed by atoms with Crippen molar-refractivity contribution in [2.45, 2.75) is 39.5 Å². The van der Waals surface area contributed by atoms with Crippen molar-refractivity contribution >= 4 is 23.6 Å². The van der Waals surface area contributed by atoms with Gasteiger partial charge in [0, 0.05) is 18.0 Å². The molecule has 0 saturated heterocycles. The number of anilines is 1. The smallest absolute Gasteiger partial charge is 0.261 e. The van der Waals surface area contributed by atoms with Crippen molar-refractivity contribution in [2.24, 2.45) is 11.8 Å². The molecule has 7 heteroatoms. The molecule has 2 aromatic rings. The zero-order chi connectivity index (χ0) is 21.4. The van der Waals surface area contributed by atoms with Crippen molar-refractivity contribution < 1.29 is 18.8 Å². The first kappa shape index (κ1) is 19.9. The molecule has 0 radical (unpaired) electrons. The minimum atomic E-state index is -0.361. The number of hydrogen-bond acceptors (Lipinski definition) is 5. The average Bonchev–Trinajstić information content (AvgIpc) is 3.16. The van der Waals surface area contributed by atoms with Gasteiger partial charge in [-0.3, -0.25) is 24.6 Å². The zero-order valence-electron chi connectivity index (χ0n) is 17.0. The summed E-state index contributed by atoms with van der Waals surface area (Å²) < 4.78 is 5.57. The minimum Gasteiger partial charge on any atom is -0.444 e. The summed E-state index contributed by atoms with van der Waals surface area (Å²) in [6.07, 6.45) is 3.27. The number of aryl methyl sites for hydroxylation is 1. The lowest BCUT2D eigenvalue weighted by atomic mass is 9.78. The Kier molecular flexibility index (Phi) is 5.17. The molecule has 1 N–H and O–H groups in total. The van der Waals surface area contributed by atoms with Gasteiger partial charge in [-0.05, 0) is 44.7 Å². The largest absolute Gasteiger partial charge is 0.444 e. The maximum absolute atomic E-state index is 13.1. The van der Waals surface area contributed by atoms with Gasteiger partial charge in [0.15, 0.2) is 0 Å². The molecule has 2 atom stereocenters. The van der Waals surface area contributed by atoms with Gasteiger partial charge in [-0.15, -0.1) is 0 Å². The van der Waals surface area contributed by atoms with E-state index in [0.717, 1.165) is 19.3 Å². The molecule has 7 nitrogen and oxygen atoms in total. The fraction of sp³-hybridized carbons (Fsp3) is 0.391. The Morgan fingerprint density at radius 3 is 2.43 bits per heavy atom. The number of nitrogens with zero attached hydrogens (tertiary/aromatic N) is 2. The van der Waals surface area contributed by atoms with Gasteiger partial charge in [0.05, 0.1) is 11.1 Å². The first-order valence-corrected chi connectivity index (χ1v) is 10.2. The summed E-state index contributed by atoms with van der Waals surface area (Å²) in [4.78, 5) is 39.8. The number of carbonyl (C=O) groups is 3. The summed E-state index contributed by atoms with van der Waals surface area (Å²) in [6, 6.07) is 8.88. The summed E-state index contributed by atoms with van der Waals surface area (Å²) in [7, 11) is 0. The van der Waals surface area contributed by atoms with Crippen LogP contribution >= 0.6 is 0 Å². The number of hydrogen-bond donors (Lipinski definition) is 1. The van der Waals surface area contributed by atoms with Crippen LogP contribution in [0.4, 0.5) is 5.88 Å². The standard InChI is InChI=1S/C23H23N3O4/c1-13-14(2)30-21(19(13)11-24)25-20(27)16-8-4-3-7-15(16)12-26-22(28)17-9-5-6-10-18(17)23(26)29/h5-6,9-10,15-16H,3-4,7-8,12H2,1-2H3,(H,25,27). The van der Waals surface area contributed by atoms with Gasteiger partial charge in [0.2, 0.25) is 11.8 Å². The van der Waals surface area contributed by atoms with E-state index in [1.807, 2.05) is 0 Å². The van der Waals surface area contributed by atoms with Gasteiger partial charge < -0.3 is 4.42 Å². The number of furan rings is 1. The molecule has 154 valence electrons. The number of amides is 3. The second-order valence-electron chi connectivity index (χ2n) is 8.01. The summed E-state index contributed by atoms with van der Waals surface area (Å²) in [5.41, 5.74) is 1.87. The topological polar surface area (TPSA) is 103 Å². The van der Waals surface area contributed by atoms with E-state index in [1.165, 1.54) is 4.90 Å². The zero-order valence-corrected chi connectivity index (χ0v) is 17.0. The van der Waals surface area contributed by atoms with Crippen LogP contribution in [0.25, 0.3) is 0 Å². The molecule has 0 bridgehead atoms. The van der Waals surface area contributed by atoms with E-state index in [0.29, 0.717) is 34.4 Å². The lowest BCUT2D eigenvalue weighted by Crippen LogP contribution is -2.41. The molecule has 1 aliphatic carbocycles. The molecular formula is C23H23N3O4. The highest BCUT2D eigenvalue weighted by molar-refractivity contribution is 6.21. The predicted molar refractivity (Wildman–Crippen MR) is 109 cm³/mol. The van der Waals surface area contributed by atoms with E-state index in [1.54, 1.807) is 38.1 Å². The number of rotatable bonds is 4. The van der Waals surface area contributed by atoms with Crippen LogP contribution < -0.4 is 5.32 Å². The molecule has 0 spiro atoms. The van der Waals surface area contributed by atoms with E-state index in [2.05, 4.69) is 11.4 Å². The first-order valence-electron chi connectivity index (χ1n) is 10.2. The minimum absolute atomic E-state index is 0.136. The summed E-state index contributed by atoms with van der Waals surface area (Å²) in [5, 5.41) is 12.1. The second-order valence-corrected chi connectivity index (χ2v) is 8.01. The average molecular weight is 405 g/mol. The molecule has 1 aromatic heterocycles. The second kappa shape index (κ2) is 7.79. The van der Waals surface area contributed by atoms with Gasteiger partial charge in [-0.1, -0.05) is 25.0 Å². The summed E-state index contributed by atoms with van der Waals surface area (Å²) >= 11 is 0. The Hall–Kier alpha value is -3.40. The molecule has 1 saturated carbocycles. The molecule has 3 amide bonds. The van der Waals surface area contributed by atoms with E-state index < -0.39 is 0 Å². The lowest BCUT2D eigenvalue weighted by Gasteiger charge is -2.32. The molecular weight excluding hydrogens is 382 g/mol. The van der Waals surface area contributed by atoms with Crippen LogP contribution in [0.2, 0.25) is 0 Å². The van der Waals surface area contributed by atoms with Crippen LogP contribution in [0.3, 0.4) is 0 Å². The van der Waals surface area contributed by atoms with Crippen molar-refractivity contribution in [3.63, 3.8) is 0 Å². The molecule has 2 aliphatic rings. The number of imide groups is 1. The van der Waals surface area contributed by atoms with Crippen molar-refractivity contribution in [1.82, 2.24) is 4.90 Å². The van der Waals surface area contributed by atoms with Crippen molar-refractivity contribution in [2.75, 3.05) is 11.9 Å². The molecule has 4 rings (SSSR count). The van der Waals surface area contributed by atoms with E-state index in [-0.39, 0.29) is 42.0 Å². The van der Waals surface area contributed by atoms with Crippen LogP contribution in [-0.4, -0.2) is 29.2 Å². The maximum Gasteiger partial charge on any atom is 0.261 e. The fourth-order valence-electron chi connectivity index (χ4n) is 4.47. The van der Waals surface area contributed by atoms with Gasteiger partial charge in [0.25, 0.3) is 11.8 Å². The van der Waals surface area contributed by atoms with Gasteiger partial charge in [-0.2, -0.15) is 5.26 Å². The fourth-order valence-corrected chi connectivity index (χ4v) is 4.47. The predicted octanol–water partition coefficient (Wildman–Crippen LogP) is 3.81. The number of nitriles is 1. The normalized spacial score (nSPS) is 20.8. The third-order valence-electron chi connectivity index (χ3n) is 6.27. The number of benzene rings is 1. The third kappa shape index (κ3) is 3.28. The monoisotopic (exact) mass is 405 g/mol. The Morgan fingerprint density at radius 2 is 1.80 bits per heavy atom. The molecule has 1 fully saturated rings. The van der Waals surface area contributed by atoms with Crippen LogP contribution in [0.15, 0.2) is 28.7 Å². The van der Waals surface area contributed by atoms with Gasteiger partial charge in [-0.25, -0.2) is 0 Å². The van der Waals surface area contributed by atoms with Gasteiger partial charge in [0.1, 0.15) is 17.4 Å². The lowest BCUT2D eigenvalue weighted by molar-refractivity contribution is -0.122. The van der Waals surface area contributed by atoms with Crippen molar-refractivity contribution in [3.8, 4) is 6.07 Å². The van der Waals surface area contributed by atoms with Crippen molar-refractivity contribution in [3.05, 3.63) is 52.3 Å². The molecule has 30 heavy (non-hydrogen) atoms. The summed E-state index contributed by atoms with van der Waals surface area (Å²) in [6.45, 7) is 3.74. The quantitative estimate of drug-likeness (QED) is 0.779. The molecule has 2 unspecified atom stereocenters. The first-order chi connectivity index (χ1) is 14.4. The highest BCUT2D eigenvalue weighted by atomic mass is 16.4. The highest BCUT2D eigenvalue weighted by Crippen LogP contribution is 2.35. The maximum atomic E-state index is 13.1. The van der Waals surface area contributed by atoms with Crippen LogP contribution in [-0.2, 0) is 4.79 Å². The Labute approximate surface area is 174 Å². The Bertz CT molecular complexity index is 1040. The van der Waals surface area contributed by atoms with Crippen molar-refractivity contribution in [1.29, 1.82) is 5.26 Å². The molecule has 2 heterocycles.